The lowest BCUT2D eigenvalue weighted by molar-refractivity contribution is 0.336. The highest BCUT2D eigenvalue weighted by molar-refractivity contribution is 7.86. The highest BCUT2D eigenvalue weighted by atomic mass is 32.2. The molecule has 1 aromatic carbocycles. The Kier molecular flexibility index (Phi) is 5.33. The van der Waals surface area contributed by atoms with Crippen LogP contribution < -0.4 is 0 Å². The Morgan fingerprint density at radius 2 is 2.06 bits per heavy atom. The van der Waals surface area contributed by atoms with E-state index in [2.05, 4.69) is 9.44 Å². The molecule has 0 saturated heterocycles. The topological polar surface area (TPSA) is 79.5 Å². The summed E-state index contributed by atoms with van der Waals surface area (Å²) in [4.78, 5) is 0.0597. The van der Waals surface area contributed by atoms with Crippen LogP contribution in [-0.2, 0) is 14.4 Å². The highest BCUT2D eigenvalue weighted by Gasteiger charge is 2.15. The molecule has 0 N–H and O–H groups in total. The average molecular weight is 266 g/mol. The first-order chi connectivity index (χ1) is 8.60. The van der Waals surface area contributed by atoms with E-state index in [9.17, 15) is 8.42 Å². The Balaban J connectivity index is 2.78. The van der Waals surface area contributed by atoms with Gasteiger partial charge < -0.3 is 0 Å². The van der Waals surface area contributed by atoms with Gasteiger partial charge >= 0.3 is 10.1 Å². The molecule has 0 amide bonds. The van der Waals surface area contributed by atoms with Crippen molar-refractivity contribution in [2.75, 3.05) is 0 Å². The molecule has 0 aromatic heterocycles. The van der Waals surface area contributed by atoms with E-state index in [1.165, 1.54) is 12.1 Å². The standard InChI is InChI=1S/C12H14N2O3S/c1-2-11(7-6-10-13)14-17-18(15,16)12-8-4-3-5-9-12/h3-5,8-9H,2,6-7H2,1H3. The van der Waals surface area contributed by atoms with Crippen LogP contribution in [-0.4, -0.2) is 14.1 Å². The Labute approximate surface area is 107 Å². The molecule has 0 unspecified atom stereocenters. The summed E-state index contributed by atoms with van der Waals surface area (Å²) in [5.74, 6) is 0. The van der Waals surface area contributed by atoms with Gasteiger partial charge in [0.2, 0.25) is 0 Å². The van der Waals surface area contributed by atoms with Crippen LogP contribution in [0.1, 0.15) is 26.2 Å². The maximum absolute atomic E-state index is 11.7. The number of rotatable bonds is 6. The zero-order valence-electron chi connectivity index (χ0n) is 10.0. The van der Waals surface area contributed by atoms with E-state index in [0.29, 0.717) is 25.0 Å². The fourth-order valence-electron chi connectivity index (χ4n) is 1.22. The smallest absolute Gasteiger partial charge is 0.265 e. The minimum atomic E-state index is -3.86. The molecule has 0 aliphatic heterocycles. The molecule has 5 nitrogen and oxygen atoms in total. The predicted molar refractivity (Wildman–Crippen MR) is 67.3 cm³/mol. The van der Waals surface area contributed by atoms with E-state index in [1.807, 2.05) is 13.0 Å². The zero-order chi connectivity index (χ0) is 13.4. The van der Waals surface area contributed by atoms with Gasteiger partial charge in [-0.1, -0.05) is 30.3 Å². The van der Waals surface area contributed by atoms with E-state index in [-0.39, 0.29) is 4.90 Å². The first-order valence-electron chi connectivity index (χ1n) is 5.51. The molecule has 0 fully saturated rings. The molecule has 96 valence electrons. The second-order valence-corrected chi connectivity index (χ2v) is 5.04. The van der Waals surface area contributed by atoms with Crippen LogP contribution in [0.5, 0.6) is 0 Å². The molecule has 1 aromatic rings. The molecule has 0 atom stereocenters. The first kappa shape index (κ1) is 14.2. The summed E-state index contributed by atoms with van der Waals surface area (Å²) >= 11 is 0. The van der Waals surface area contributed by atoms with Gasteiger partial charge in [0.15, 0.2) is 0 Å². The Morgan fingerprint density at radius 3 is 2.61 bits per heavy atom. The number of hydrogen-bond donors (Lipinski definition) is 0. The SMILES string of the molecule is CCC(CCC#N)=NOS(=O)(=O)c1ccccc1. The van der Waals surface area contributed by atoms with Crippen LogP contribution in [0.25, 0.3) is 0 Å². The Bertz CT molecular complexity index is 544. The van der Waals surface area contributed by atoms with Crippen molar-refractivity contribution in [3.8, 4) is 6.07 Å². The van der Waals surface area contributed by atoms with Gasteiger partial charge in [-0.15, -0.1) is 0 Å². The van der Waals surface area contributed by atoms with Gasteiger partial charge in [0.05, 0.1) is 11.8 Å². The largest absolute Gasteiger partial charge is 0.358 e. The number of benzene rings is 1. The number of nitrogens with zero attached hydrogens (tertiary/aromatic N) is 2. The van der Waals surface area contributed by atoms with Crippen molar-refractivity contribution in [3.05, 3.63) is 30.3 Å². The number of nitriles is 1. The van der Waals surface area contributed by atoms with Crippen LogP contribution in [0.4, 0.5) is 0 Å². The first-order valence-corrected chi connectivity index (χ1v) is 6.92. The van der Waals surface area contributed by atoms with Crippen LogP contribution in [0.3, 0.4) is 0 Å². The lowest BCUT2D eigenvalue weighted by Crippen LogP contribution is -2.05. The van der Waals surface area contributed by atoms with E-state index in [0.717, 1.165) is 0 Å². The lowest BCUT2D eigenvalue weighted by atomic mass is 10.2. The molecule has 0 heterocycles. The lowest BCUT2D eigenvalue weighted by Gasteiger charge is -2.03. The second kappa shape index (κ2) is 6.77. The summed E-state index contributed by atoms with van der Waals surface area (Å²) in [7, 11) is -3.86. The van der Waals surface area contributed by atoms with Crippen molar-refractivity contribution in [2.24, 2.45) is 5.16 Å². The molecule has 18 heavy (non-hydrogen) atoms. The van der Waals surface area contributed by atoms with Crippen molar-refractivity contribution in [3.63, 3.8) is 0 Å². The highest BCUT2D eigenvalue weighted by Crippen LogP contribution is 2.12. The zero-order valence-corrected chi connectivity index (χ0v) is 10.9. The summed E-state index contributed by atoms with van der Waals surface area (Å²) in [5, 5.41) is 12.1. The number of oxime groups is 1. The van der Waals surface area contributed by atoms with Gasteiger partial charge in [-0.2, -0.15) is 13.7 Å². The molecule has 1 rings (SSSR count). The van der Waals surface area contributed by atoms with Gasteiger partial charge in [-0.05, 0) is 18.6 Å². The average Bonchev–Trinajstić information content (AvgIpc) is 2.40. The van der Waals surface area contributed by atoms with Gasteiger partial charge in [0.1, 0.15) is 4.90 Å². The van der Waals surface area contributed by atoms with Crippen molar-refractivity contribution < 1.29 is 12.7 Å². The summed E-state index contributed by atoms with van der Waals surface area (Å²) in [6.45, 7) is 1.83. The quantitative estimate of drug-likeness (QED) is 0.585. The maximum Gasteiger partial charge on any atom is 0.358 e. The Hall–Kier alpha value is -1.87. The summed E-state index contributed by atoms with van der Waals surface area (Å²) in [6, 6.07) is 9.78. The summed E-state index contributed by atoms with van der Waals surface area (Å²) in [5.41, 5.74) is 0.552. The van der Waals surface area contributed by atoms with E-state index < -0.39 is 10.1 Å². The van der Waals surface area contributed by atoms with Crippen LogP contribution in [0.15, 0.2) is 40.4 Å². The van der Waals surface area contributed by atoms with E-state index in [4.69, 9.17) is 5.26 Å². The van der Waals surface area contributed by atoms with Gasteiger partial charge in [0, 0.05) is 12.8 Å². The molecular weight excluding hydrogens is 252 g/mol. The fourth-order valence-corrected chi connectivity index (χ4v) is 2.00. The molecule has 0 spiro atoms. The van der Waals surface area contributed by atoms with Crippen molar-refractivity contribution in [1.82, 2.24) is 0 Å². The van der Waals surface area contributed by atoms with Crippen LogP contribution in [0, 0.1) is 11.3 Å². The normalized spacial score (nSPS) is 11.9. The van der Waals surface area contributed by atoms with Gasteiger partial charge in [-0.25, -0.2) is 0 Å². The molecular formula is C12H14N2O3S. The Morgan fingerprint density at radius 1 is 1.39 bits per heavy atom. The third kappa shape index (κ3) is 4.18. The summed E-state index contributed by atoms with van der Waals surface area (Å²) in [6.07, 6.45) is 1.25. The maximum atomic E-state index is 11.7. The van der Waals surface area contributed by atoms with Crippen molar-refractivity contribution in [2.45, 2.75) is 31.1 Å². The second-order valence-electron chi connectivity index (χ2n) is 3.51. The molecule has 0 radical (unpaired) electrons. The third-order valence-electron chi connectivity index (χ3n) is 2.23. The van der Waals surface area contributed by atoms with Crippen molar-refractivity contribution >= 4 is 15.8 Å². The van der Waals surface area contributed by atoms with Gasteiger partial charge in [0.25, 0.3) is 0 Å². The molecule has 6 heteroatoms. The molecule has 0 aliphatic carbocycles. The molecule has 0 aliphatic rings. The summed E-state index contributed by atoms with van der Waals surface area (Å²) < 4.78 is 28.1. The predicted octanol–water partition coefficient (Wildman–Crippen LogP) is 2.46. The monoisotopic (exact) mass is 266 g/mol. The number of hydrogen-bond acceptors (Lipinski definition) is 5. The molecule has 0 bridgehead atoms. The fraction of sp³-hybridized carbons (Fsp3) is 0.333. The third-order valence-corrected chi connectivity index (χ3v) is 3.35. The minimum absolute atomic E-state index is 0.0597. The van der Waals surface area contributed by atoms with Crippen LogP contribution >= 0.6 is 0 Å². The van der Waals surface area contributed by atoms with Crippen LogP contribution in [0.2, 0.25) is 0 Å². The molecule has 0 saturated carbocycles. The van der Waals surface area contributed by atoms with E-state index >= 15 is 0 Å². The van der Waals surface area contributed by atoms with Crippen molar-refractivity contribution in [1.29, 1.82) is 5.26 Å². The van der Waals surface area contributed by atoms with Gasteiger partial charge in [-0.3, -0.25) is 4.28 Å². The minimum Gasteiger partial charge on any atom is -0.265 e. The van der Waals surface area contributed by atoms with E-state index in [1.54, 1.807) is 18.2 Å².